The van der Waals surface area contributed by atoms with Crippen molar-refractivity contribution in [2.24, 2.45) is 0 Å². The zero-order valence-corrected chi connectivity index (χ0v) is 11.6. The Morgan fingerprint density at radius 2 is 2.26 bits per heavy atom. The van der Waals surface area contributed by atoms with Crippen LogP contribution in [0.15, 0.2) is 24.5 Å². The molecular weight excluding hydrogens is 260 g/mol. The van der Waals surface area contributed by atoms with Crippen LogP contribution in [0.2, 0.25) is 0 Å². The number of hydrogen-bond acceptors (Lipinski definition) is 5. The average molecular weight is 274 g/mol. The first-order valence-electron chi connectivity index (χ1n) is 6.10. The monoisotopic (exact) mass is 274 g/mol. The van der Waals surface area contributed by atoms with E-state index in [-0.39, 0.29) is 12.5 Å². The van der Waals surface area contributed by atoms with Gasteiger partial charge in [0.2, 0.25) is 4.96 Å². The highest BCUT2D eigenvalue weighted by atomic mass is 32.1. The lowest BCUT2D eigenvalue weighted by molar-refractivity contribution is 0.272. The number of pyridine rings is 1. The van der Waals surface area contributed by atoms with Crippen molar-refractivity contribution in [3.05, 3.63) is 35.9 Å². The highest BCUT2D eigenvalue weighted by Gasteiger charge is 2.18. The van der Waals surface area contributed by atoms with Gasteiger partial charge in [-0.1, -0.05) is 25.2 Å². The molecule has 98 valence electrons. The number of aromatic nitrogens is 4. The van der Waals surface area contributed by atoms with Crippen LogP contribution in [0.25, 0.3) is 15.5 Å². The Bertz CT molecular complexity index is 702. The van der Waals surface area contributed by atoms with Gasteiger partial charge >= 0.3 is 0 Å². The molecule has 0 fully saturated rings. The zero-order valence-electron chi connectivity index (χ0n) is 10.7. The predicted molar refractivity (Wildman–Crippen MR) is 74.1 cm³/mol. The Morgan fingerprint density at radius 1 is 1.42 bits per heavy atom. The van der Waals surface area contributed by atoms with Crippen LogP contribution in [-0.2, 0) is 6.61 Å². The molecule has 0 amide bonds. The molecule has 3 heterocycles. The minimum atomic E-state index is -0.0507. The van der Waals surface area contributed by atoms with Gasteiger partial charge < -0.3 is 5.11 Å². The molecule has 0 saturated heterocycles. The molecule has 3 rings (SSSR count). The van der Waals surface area contributed by atoms with E-state index in [9.17, 15) is 5.11 Å². The van der Waals surface area contributed by atoms with E-state index in [0.29, 0.717) is 0 Å². The van der Waals surface area contributed by atoms with E-state index in [4.69, 9.17) is 0 Å². The normalized spacial score (nSPS) is 11.6. The fourth-order valence-electron chi connectivity index (χ4n) is 2.02. The van der Waals surface area contributed by atoms with Crippen LogP contribution < -0.4 is 0 Å². The molecule has 0 atom stereocenters. The SMILES string of the molecule is CC(C)c1nc2sc(-c3cccnc3)nn2c1CO. The van der Waals surface area contributed by atoms with Crippen LogP contribution >= 0.6 is 11.3 Å². The quantitative estimate of drug-likeness (QED) is 0.797. The summed E-state index contributed by atoms with van der Waals surface area (Å²) in [4.78, 5) is 9.47. The molecule has 0 bridgehead atoms. The standard InChI is InChI=1S/C13H14N4OS/c1-8(2)11-10(7-18)17-13(15-11)19-12(16-17)9-4-3-5-14-6-9/h3-6,8,18H,7H2,1-2H3. The summed E-state index contributed by atoms with van der Waals surface area (Å²) in [6.07, 6.45) is 3.51. The van der Waals surface area contributed by atoms with Crippen molar-refractivity contribution in [1.82, 2.24) is 19.6 Å². The van der Waals surface area contributed by atoms with Crippen molar-refractivity contribution in [3.8, 4) is 10.6 Å². The first-order chi connectivity index (χ1) is 9.20. The van der Waals surface area contributed by atoms with E-state index in [0.717, 1.165) is 26.9 Å². The number of aliphatic hydroxyl groups excluding tert-OH is 1. The number of fused-ring (bicyclic) bond motifs is 1. The summed E-state index contributed by atoms with van der Waals surface area (Å²) >= 11 is 1.51. The van der Waals surface area contributed by atoms with E-state index in [1.165, 1.54) is 11.3 Å². The number of imidazole rings is 1. The fraction of sp³-hybridized carbons (Fsp3) is 0.308. The van der Waals surface area contributed by atoms with Crippen molar-refractivity contribution in [3.63, 3.8) is 0 Å². The molecule has 0 saturated carbocycles. The second-order valence-corrected chi connectivity index (χ2v) is 5.56. The zero-order chi connectivity index (χ0) is 13.4. The maximum absolute atomic E-state index is 9.53. The molecule has 19 heavy (non-hydrogen) atoms. The van der Waals surface area contributed by atoms with Crippen LogP contribution in [0.1, 0.15) is 31.2 Å². The summed E-state index contributed by atoms with van der Waals surface area (Å²) in [5.41, 5.74) is 2.66. The molecule has 5 nitrogen and oxygen atoms in total. The van der Waals surface area contributed by atoms with Gasteiger partial charge in [0.15, 0.2) is 0 Å². The van der Waals surface area contributed by atoms with Gasteiger partial charge in [-0.3, -0.25) is 4.98 Å². The molecule has 0 aliphatic rings. The Morgan fingerprint density at radius 3 is 2.89 bits per heavy atom. The maximum atomic E-state index is 9.53. The van der Waals surface area contributed by atoms with Crippen molar-refractivity contribution >= 4 is 16.3 Å². The van der Waals surface area contributed by atoms with Gasteiger partial charge in [-0.05, 0) is 18.1 Å². The lowest BCUT2D eigenvalue weighted by atomic mass is 10.1. The molecule has 0 radical (unpaired) electrons. The molecular formula is C13H14N4OS. The van der Waals surface area contributed by atoms with Crippen LogP contribution in [-0.4, -0.2) is 24.7 Å². The fourth-order valence-corrected chi connectivity index (χ4v) is 2.94. The second-order valence-electron chi connectivity index (χ2n) is 4.60. The van der Waals surface area contributed by atoms with Crippen LogP contribution in [0, 0.1) is 0 Å². The number of nitrogens with zero attached hydrogens (tertiary/aromatic N) is 4. The van der Waals surface area contributed by atoms with Gasteiger partial charge in [0.1, 0.15) is 5.01 Å². The van der Waals surface area contributed by atoms with Crippen LogP contribution in [0.3, 0.4) is 0 Å². The maximum Gasteiger partial charge on any atom is 0.213 e. The Kier molecular flexibility index (Phi) is 3.04. The molecule has 0 aromatic carbocycles. The Balaban J connectivity index is 2.15. The van der Waals surface area contributed by atoms with Gasteiger partial charge in [-0.15, -0.1) is 0 Å². The van der Waals surface area contributed by atoms with E-state index in [1.807, 2.05) is 12.1 Å². The molecule has 3 aromatic rings. The Labute approximate surface area is 114 Å². The lowest BCUT2D eigenvalue weighted by Gasteiger charge is -2.02. The van der Waals surface area contributed by atoms with E-state index in [2.05, 4.69) is 28.9 Å². The molecule has 6 heteroatoms. The number of aliphatic hydroxyl groups is 1. The van der Waals surface area contributed by atoms with Gasteiger partial charge in [0, 0.05) is 18.0 Å². The van der Waals surface area contributed by atoms with Gasteiger partial charge in [-0.25, -0.2) is 9.50 Å². The second kappa shape index (κ2) is 4.71. The summed E-state index contributed by atoms with van der Waals surface area (Å²) in [7, 11) is 0. The molecule has 0 aliphatic heterocycles. The van der Waals surface area contributed by atoms with Gasteiger partial charge in [0.05, 0.1) is 18.0 Å². The van der Waals surface area contributed by atoms with Crippen LogP contribution in [0.4, 0.5) is 0 Å². The summed E-state index contributed by atoms with van der Waals surface area (Å²) in [5.74, 6) is 0.276. The average Bonchev–Trinajstić information content (AvgIpc) is 2.96. The molecule has 1 N–H and O–H groups in total. The third-order valence-electron chi connectivity index (χ3n) is 2.93. The third-order valence-corrected chi connectivity index (χ3v) is 3.89. The molecule has 0 spiro atoms. The first kappa shape index (κ1) is 12.3. The van der Waals surface area contributed by atoms with Crippen molar-refractivity contribution in [1.29, 1.82) is 0 Å². The molecule has 3 aromatic heterocycles. The Hall–Kier alpha value is -1.79. The molecule has 0 aliphatic carbocycles. The summed E-state index contributed by atoms with van der Waals surface area (Å²) in [5, 5.41) is 14.9. The first-order valence-corrected chi connectivity index (χ1v) is 6.92. The van der Waals surface area contributed by atoms with Crippen molar-refractivity contribution in [2.75, 3.05) is 0 Å². The number of hydrogen-bond donors (Lipinski definition) is 1. The largest absolute Gasteiger partial charge is 0.390 e. The molecule has 0 unspecified atom stereocenters. The van der Waals surface area contributed by atoms with E-state index in [1.54, 1.807) is 16.9 Å². The third kappa shape index (κ3) is 2.02. The minimum Gasteiger partial charge on any atom is -0.390 e. The minimum absolute atomic E-state index is 0.0507. The smallest absolute Gasteiger partial charge is 0.213 e. The lowest BCUT2D eigenvalue weighted by Crippen LogP contribution is -1.99. The van der Waals surface area contributed by atoms with Crippen molar-refractivity contribution in [2.45, 2.75) is 26.4 Å². The summed E-state index contributed by atoms with van der Waals surface area (Å²) < 4.78 is 1.74. The summed E-state index contributed by atoms with van der Waals surface area (Å²) in [6.45, 7) is 4.08. The highest BCUT2D eigenvalue weighted by molar-refractivity contribution is 7.19. The number of rotatable bonds is 3. The van der Waals surface area contributed by atoms with Gasteiger partial charge in [0.25, 0.3) is 0 Å². The van der Waals surface area contributed by atoms with Crippen LogP contribution in [0.5, 0.6) is 0 Å². The van der Waals surface area contributed by atoms with Crippen molar-refractivity contribution < 1.29 is 5.11 Å². The highest BCUT2D eigenvalue weighted by Crippen LogP contribution is 2.28. The summed E-state index contributed by atoms with van der Waals surface area (Å²) in [6, 6.07) is 3.85. The topological polar surface area (TPSA) is 63.3 Å². The van der Waals surface area contributed by atoms with E-state index < -0.39 is 0 Å². The van der Waals surface area contributed by atoms with Gasteiger partial charge in [-0.2, -0.15) is 5.10 Å². The van der Waals surface area contributed by atoms with E-state index >= 15 is 0 Å². The predicted octanol–water partition coefficient (Wildman–Crippen LogP) is 2.47.